The zero-order valence-electron chi connectivity index (χ0n) is 10.4. The van der Waals surface area contributed by atoms with Crippen molar-refractivity contribution in [3.05, 3.63) is 21.3 Å². The number of carbonyl (C=O) groups excluding carboxylic acids is 1. The topological polar surface area (TPSA) is 41.1 Å². The van der Waals surface area contributed by atoms with Gasteiger partial charge in [-0.3, -0.25) is 4.79 Å². The first-order valence-electron chi connectivity index (χ1n) is 6.48. The summed E-state index contributed by atoms with van der Waals surface area (Å²) in [4.78, 5) is 12.9. The Balaban J connectivity index is 1.62. The lowest BCUT2D eigenvalue weighted by atomic mass is 9.95. The molecule has 1 fully saturated rings. The molecule has 0 saturated heterocycles. The number of halogens is 1. The van der Waals surface area contributed by atoms with E-state index < -0.39 is 0 Å². The van der Waals surface area contributed by atoms with Crippen LogP contribution in [0, 0.1) is 0 Å². The number of amides is 1. The summed E-state index contributed by atoms with van der Waals surface area (Å²) in [6.45, 7) is 1.08. The number of carbonyl (C=O) groups is 1. The van der Waals surface area contributed by atoms with Crippen molar-refractivity contribution in [3.63, 3.8) is 0 Å². The maximum absolute atomic E-state index is 11.7. The third-order valence-corrected chi connectivity index (χ3v) is 4.42. The average Bonchev–Trinajstić information content (AvgIpc) is 2.76. The molecule has 2 N–H and O–H groups in total. The van der Waals surface area contributed by atoms with Crippen LogP contribution in [0.5, 0.6) is 0 Å². The lowest BCUT2D eigenvalue weighted by molar-refractivity contribution is -0.121. The van der Waals surface area contributed by atoms with Crippen LogP contribution in [0.25, 0.3) is 0 Å². The summed E-state index contributed by atoms with van der Waals surface area (Å²) in [6, 6.07) is 4.26. The van der Waals surface area contributed by atoms with E-state index in [9.17, 15) is 4.79 Å². The molecule has 3 nitrogen and oxygen atoms in total. The zero-order valence-corrected chi connectivity index (χ0v) is 11.9. The van der Waals surface area contributed by atoms with E-state index in [1.54, 1.807) is 11.3 Å². The van der Waals surface area contributed by atoms with E-state index >= 15 is 0 Å². The van der Waals surface area contributed by atoms with E-state index in [2.05, 4.69) is 10.6 Å². The van der Waals surface area contributed by atoms with Gasteiger partial charge in [-0.15, -0.1) is 11.3 Å². The van der Waals surface area contributed by atoms with Gasteiger partial charge in [0, 0.05) is 17.5 Å². The molecule has 2 rings (SSSR count). The third kappa shape index (κ3) is 4.59. The van der Waals surface area contributed by atoms with Gasteiger partial charge in [-0.25, -0.2) is 0 Å². The molecule has 1 aliphatic carbocycles. The number of hydrogen-bond donors (Lipinski definition) is 2. The number of thiophene rings is 1. The van der Waals surface area contributed by atoms with Crippen molar-refractivity contribution in [2.45, 2.75) is 44.7 Å². The maximum atomic E-state index is 11.7. The van der Waals surface area contributed by atoms with E-state index in [0.717, 1.165) is 22.1 Å². The van der Waals surface area contributed by atoms with Gasteiger partial charge < -0.3 is 10.6 Å². The van der Waals surface area contributed by atoms with Gasteiger partial charge in [0.25, 0.3) is 0 Å². The molecule has 0 bridgehead atoms. The highest BCUT2D eigenvalue weighted by atomic mass is 35.5. The Hall–Kier alpha value is -0.580. The van der Waals surface area contributed by atoms with Crippen LogP contribution in [-0.4, -0.2) is 18.5 Å². The molecule has 1 aliphatic rings. The summed E-state index contributed by atoms with van der Waals surface area (Å²) in [7, 11) is 0. The molecule has 0 aliphatic heterocycles. The standard InChI is InChI=1S/C13H19ClN2OS/c14-12-7-6-11(18-12)8-15-9-13(17)16-10-4-2-1-3-5-10/h6-7,10,15H,1-5,8-9H2,(H,16,17). The first-order valence-corrected chi connectivity index (χ1v) is 7.68. The molecule has 18 heavy (non-hydrogen) atoms. The second-order valence-electron chi connectivity index (χ2n) is 4.71. The van der Waals surface area contributed by atoms with Gasteiger partial charge in [0.1, 0.15) is 0 Å². The van der Waals surface area contributed by atoms with Crippen LogP contribution >= 0.6 is 22.9 Å². The van der Waals surface area contributed by atoms with Crippen LogP contribution in [0.15, 0.2) is 12.1 Å². The predicted octanol–water partition coefficient (Wildman–Crippen LogP) is 2.94. The highest BCUT2D eigenvalue weighted by molar-refractivity contribution is 7.16. The summed E-state index contributed by atoms with van der Waals surface area (Å²) < 4.78 is 0.790. The second kappa shape index (κ2) is 7.12. The van der Waals surface area contributed by atoms with Crippen molar-refractivity contribution in [2.24, 2.45) is 0 Å². The molecule has 100 valence electrons. The molecular weight excluding hydrogens is 268 g/mol. The van der Waals surface area contributed by atoms with Crippen LogP contribution in [0.2, 0.25) is 4.34 Å². The van der Waals surface area contributed by atoms with Crippen molar-refractivity contribution in [1.29, 1.82) is 0 Å². The van der Waals surface area contributed by atoms with Crippen molar-refractivity contribution in [3.8, 4) is 0 Å². The minimum absolute atomic E-state index is 0.101. The van der Waals surface area contributed by atoms with Crippen molar-refractivity contribution < 1.29 is 4.79 Å². The lowest BCUT2D eigenvalue weighted by Crippen LogP contribution is -2.41. The van der Waals surface area contributed by atoms with E-state index in [-0.39, 0.29) is 5.91 Å². The summed E-state index contributed by atoms with van der Waals surface area (Å²) in [5.74, 6) is 0.101. The smallest absolute Gasteiger partial charge is 0.234 e. The fraction of sp³-hybridized carbons (Fsp3) is 0.615. The van der Waals surface area contributed by atoms with Crippen molar-refractivity contribution in [2.75, 3.05) is 6.54 Å². The van der Waals surface area contributed by atoms with Gasteiger partial charge >= 0.3 is 0 Å². The largest absolute Gasteiger partial charge is 0.352 e. The Morgan fingerprint density at radius 1 is 1.33 bits per heavy atom. The van der Waals surface area contributed by atoms with Crippen LogP contribution in [0.4, 0.5) is 0 Å². The fourth-order valence-corrected chi connectivity index (χ4v) is 3.33. The van der Waals surface area contributed by atoms with Gasteiger partial charge in [-0.2, -0.15) is 0 Å². The van der Waals surface area contributed by atoms with E-state index in [0.29, 0.717) is 19.1 Å². The molecule has 0 unspecified atom stereocenters. The van der Waals surface area contributed by atoms with E-state index in [1.807, 2.05) is 12.1 Å². The van der Waals surface area contributed by atoms with Gasteiger partial charge in [0.05, 0.1) is 10.9 Å². The first-order chi connectivity index (χ1) is 8.74. The molecule has 1 aromatic rings. The molecule has 0 spiro atoms. The maximum Gasteiger partial charge on any atom is 0.234 e. The second-order valence-corrected chi connectivity index (χ2v) is 6.51. The third-order valence-electron chi connectivity index (χ3n) is 3.18. The molecule has 5 heteroatoms. The lowest BCUT2D eigenvalue weighted by Gasteiger charge is -2.22. The Morgan fingerprint density at radius 3 is 2.78 bits per heavy atom. The fourth-order valence-electron chi connectivity index (χ4n) is 2.27. The normalized spacial score (nSPS) is 16.7. The Morgan fingerprint density at radius 2 is 2.11 bits per heavy atom. The summed E-state index contributed by atoms with van der Waals surface area (Å²) in [5, 5.41) is 6.23. The number of rotatable bonds is 5. The molecule has 1 amide bonds. The first kappa shape index (κ1) is 13.8. The monoisotopic (exact) mass is 286 g/mol. The number of hydrogen-bond acceptors (Lipinski definition) is 3. The molecule has 1 saturated carbocycles. The highest BCUT2D eigenvalue weighted by Crippen LogP contribution is 2.21. The summed E-state index contributed by atoms with van der Waals surface area (Å²) >= 11 is 7.39. The molecule has 1 heterocycles. The zero-order chi connectivity index (χ0) is 12.8. The number of nitrogens with one attached hydrogen (secondary N) is 2. The minimum atomic E-state index is 0.101. The Labute approximate surface area is 117 Å². The molecule has 1 aromatic heterocycles. The van der Waals surface area contributed by atoms with Crippen LogP contribution in [-0.2, 0) is 11.3 Å². The molecule has 0 atom stereocenters. The molecular formula is C13H19ClN2OS. The molecule has 0 radical (unpaired) electrons. The van der Waals surface area contributed by atoms with Crippen molar-refractivity contribution >= 4 is 28.8 Å². The Kier molecular flexibility index (Phi) is 5.47. The quantitative estimate of drug-likeness (QED) is 0.874. The minimum Gasteiger partial charge on any atom is -0.352 e. The summed E-state index contributed by atoms with van der Waals surface area (Å²) in [6.07, 6.45) is 6.06. The summed E-state index contributed by atoms with van der Waals surface area (Å²) in [5.41, 5.74) is 0. The van der Waals surface area contributed by atoms with Crippen LogP contribution in [0.3, 0.4) is 0 Å². The SMILES string of the molecule is O=C(CNCc1ccc(Cl)s1)NC1CCCCC1. The van der Waals surface area contributed by atoms with Crippen LogP contribution in [0.1, 0.15) is 37.0 Å². The van der Waals surface area contributed by atoms with Crippen molar-refractivity contribution in [1.82, 2.24) is 10.6 Å². The molecule has 0 aromatic carbocycles. The predicted molar refractivity (Wildman–Crippen MR) is 76.1 cm³/mol. The van der Waals surface area contributed by atoms with Gasteiger partial charge in [-0.1, -0.05) is 30.9 Å². The van der Waals surface area contributed by atoms with E-state index in [1.165, 1.54) is 19.3 Å². The van der Waals surface area contributed by atoms with Gasteiger partial charge in [0.2, 0.25) is 5.91 Å². The van der Waals surface area contributed by atoms with Crippen LogP contribution < -0.4 is 10.6 Å². The Bertz CT molecular complexity index is 388. The van der Waals surface area contributed by atoms with E-state index in [4.69, 9.17) is 11.6 Å². The average molecular weight is 287 g/mol. The van der Waals surface area contributed by atoms with Gasteiger partial charge in [0.15, 0.2) is 0 Å². The highest BCUT2D eigenvalue weighted by Gasteiger charge is 2.15. The van der Waals surface area contributed by atoms with Gasteiger partial charge in [-0.05, 0) is 25.0 Å².